The molecule has 3 aromatic carbocycles. The zero-order valence-corrected chi connectivity index (χ0v) is 28.4. The van der Waals surface area contributed by atoms with Crippen LogP contribution in [0.5, 0.6) is 0 Å². The van der Waals surface area contributed by atoms with Gasteiger partial charge >= 0.3 is 5.97 Å². The third-order valence-electron chi connectivity index (χ3n) is 9.90. The van der Waals surface area contributed by atoms with Crippen molar-refractivity contribution in [1.82, 2.24) is 20.4 Å². The van der Waals surface area contributed by atoms with E-state index >= 15 is 0 Å². The van der Waals surface area contributed by atoms with Gasteiger partial charge in [-0.25, -0.2) is 9.49 Å². The SMILES string of the molecule is CCC(CC)(C(=O)OCc1ccccc1)[C@H]1CC[C@@H](c2cccc(F)c2)N1C(=O)[C@@H](C)NC(=O)c1ccc(Cc2ccn[nH]c2=O)c(C)c1. The van der Waals surface area contributed by atoms with Crippen LogP contribution < -0.4 is 10.9 Å². The number of nitrogens with zero attached hydrogens (tertiary/aromatic N) is 2. The summed E-state index contributed by atoms with van der Waals surface area (Å²) in [5.41, 5.74) is 2.83. The molecule has 2 heterocycles. The first-order chi connectivity index (χ1) is 23.6. The van der Waals surface area contributed by atoms with Crippen molar-refractivity contribution in [2.24, 2.45) is 5.41 Å². The van der Waals surface area contributed by atoms with Crippen LogP contribution in [0, 0.1) is 18.2 Å². The molecular weight excluding hydrogens is 623 g/mol. The number of rotatable bonds is 12. The predicted molar refractivity (Wildman–Crippen MR) is 184 cm³/mol. The van der Waals surface area contributed by atoms with Crippen LogP contribution in [0.15, 0.2) is 89.9 Å². The van der Waals surface area contributed by atoms with E-state index in [1.807, 2.05) is 51.1 Å². The van der Waals surface area contributed by atoms with Gasteiger partial charge in [0.15, 0.2) is 0 Å². The minimum absolute atomic E-state index is 0.110. The Hall–Kier alpha value is -5.12. The lowest BCUT2D eigenvalue weighted by Gasteiger charge is -2.43. The third kappa shape index (κ3) is 7.63. The molecule has 256 valence electrons. The first-order valence-electron chi connectivity index (χ1n) is 16.8. The molecule has 0 radical (unpaired) electrons. The minimum Gasteiger partial charge on any atom is -0.460 e. The second-order valence-corrected chi connectivity index (χ2v) is 12.8. The summed E-state index contributed by atoms with van der Waals surface area (Å²) in [6.45, 7) is 7.45. The summed E-state index contributed by atoms with van der Waals surface area (Å²) >= 11 is 0. The number of halogens is 1. The van der Waals surface area contributed by atoms with Crippen LogP contribution >= 0.6 is 0 Å². The number of carbonyl (C=O) groups is 3. The molecule has 0 spiro atoms. The maximum atomic E-state index is 14.5. The van der Waals surface area contributed by atoms with Gasteiger partial charge in [0, 0.05) is 29.8 Å². The second kappa shape index (κ2) is 15.4. The molecule has 2 amide bonds. The van der Waals surface area contributed by atoms with E-state index in [2.05, 4.69) is 15.5 Å². The standard InChI is InChI=1S/C39H43FN4O5/c1-5-39(6-2,38(48)49-24-27-11-8-7-9-12-27)34-18-17-33(29-13-10-14-32(40)23-29)44(34)37(47)26(4)42-35(45)30-16-15-28(25(3)21-30)22-31-19-20-41-43-36(31)46/h7-16,19-21,23,26,33-34H,5-6,17-18,22,24H2,1-4H3,(H,42,45)(H,43,46)/t26-,33+,34-/m1/s1. The first kappa shape index (κ1) is 35.2. The fourth-order valence-electron chi connectivity index (χ4n) is 7.03. The number of ether oxygens (including phenoxy) is 1. The number of nitrogens with one attached hydrogen (secondary N) is 2. The average Bonchev–Trinajstić information content (AvgIpc) is 3.55. The van der Waals surface area contributed by atoms with E-state index < -0.39 is 35.3 Å². The zero-order valence-electron chi connectivity index (χ0n) is 28.4. The fourth-order valence-corrected chi connectivity index (χ4v) is 7.03. The third-order valence-corrected chi connectivity index (χ3v) is 9.90. The van der Waals surface area contributed by atoms with E-state index in [1.165, 1.54) is 18.3 Å². The van der Waals surface area contributed by atoms with Crippen LogP contribution in [0.4, 0.5) is 4.39 Å². The predicted octanol–water partition coefficient (Wildman–Crippen LogP) is 6.21. The largest absolute Gasteiger partial charge is 0.460 e. The normalized spacial score (nSPS) is 16.6. The highest BCUT2D eigenvalue weighted by Crippen LogP contribution is 2.47. The molecule has 1 saturated heterocycles. The van der Waals surface area contributed by atoms with Gasteiger partial charge in [-0.1, -0.05) is 62.4 Å². The quantitative estimate of drug-likeness (QED) is 0.174. The average molecular weight is 667 g/mol. The Bertz CT molecular complexity index is 1860. The Kier molecular flexibility index (Phi) is 11.1. The van der Waals surface area contributed by atoms with Crippen molar-refractivity contribution in [2.75, 3.05) is 0 Å². The summed E-state index contributed by atoms with van der Waals surface area (Å²) in [7, 11) is 0. The highest BCUT2D eigenvalue weighted by molar-refractivity contribution is 5.98. The van der Waals surface area contributed by atoms with E-state index in [-0.39, 0.29) is 24.0 Å². The molecule has 1 fully saturated rings. The number of aryl methyl sites for hydroxylation is 1. The van der Waals surface area contributed by atoms with E-state index in [0.29, 0.717) is 48.8 Å². The van der Waals surface area contributed by atoms with Gasteiger partial charge in [-0.05, 0) is 92.1 Å². The van der Waals surface area contributed by atoms with Crippen molar-refractivity contribution < 1.29 is 23.5 Å². The van der Waals surface area contributed by atoms with Gasteiger partial charge in [0.1, 0.15) is 18.5 Å². The van der Waals surface area contributed by atoms with E-state index in [0.717, 1.165) is 16.7 Å². The molecule has 1 aliphatic rings. The minimum atomic E-state index is -1.01. The van der Waals surface area contributed by atoms with Crippen molar-refractivity contribution in [2.45, 2.75) is 84.5 Å². The van der Waals surface area contributed by atoms with E-state index in [4.69, 9.17) is 4.74 Å². The Morgan fingerprint density at radius 3 is 2.43 bits per heavy atom. The van der Waals surface area contributed by atoms with Crippen molar-refractivity contribution in [1.29, 1.82) is 0 Å². The molecule has 10 heteroatoms. The van der Waals surface area contributed by atoms with Gasteiger partial charge in [0.2, 0.25) is 5.91 Å². The Morgan fingerprint density at radius 1 is 1.00 bits per heavy atom. The summed E-state index contributed by atoms with van der Waals surface area (Å²) in [6.07, 6.45) is 3.79. The number of aromatic nitrogens is 2. The lowest BCUT2D eigenvalue weighted by atomic mass is 9.74. The number of hydrogen-bond donors (Lipinski definition) is 2. The van der Waals surface area contributed by atoms with Gasteiger partial charge in [-0.3, -0.25) is 19.2 Å². The first-order valence-corrected chi connectivity index (χ1v) is 16.8. The number of carbonyl (C=O) groups excluding carboxylic acids is 3. The second-order valence-electron chi connectivity index (χ2n) is 12.8. The number of likely N-dealkylation sites (tertiary alicyclic amines) is 1. The van der Waals surface area contributed by atoms with Crippen LogP contribution in [0.25, 0.3) is 0 Å². The lowest BCUT2D eigenvalue weighted by Crippen LogP contribution is -2.56. The molecule has 0 unspecified atom stereocenters. The van der Waals surface area contributed by atoms with Gasteiger partial charge < -0.3 is 15.0 Å². The zero-order chi connectivity index (χ0) is 35.1. The monoisotopic (exact) mass is 666 g/mol. The van der Waals surface area contributed by atoms with Gasteiger partial charge in [-0.2, -0.15) is 5.10 Å². The number of aromatic amines is 1. The van der Waals surface area contributed by atoms with Crippen LogP contribution in [0.1, 0.15) is 90.7 Å². The molecule has 1 aromatic heterocycles. The van der Waals surface area contributed by atoms with Crippen molar-refractivity contribution in [3.8, 4) is 0 Å². The Morgan fingerprint density at radius 2 is 1.76 bits per heavy atom. The fraction of sp³-hybridized carbons (Fsp3) is 0.359. The molecule has 1 aliphatic heterocycles. The topological polar surface area (TPSA) is 121 Å². The Labute approximate surface area is 285 Å². The number of amides is 2. The van der Waals surface area contributed by atoms with Crippen LogP contribution in [-0.4, -0.2) is 45.0 Å². The van der Waals surface area contributed by atoms with Crippen LogP contribution in [-0.2, 0) is 27.4 Å². The van der Waals surface area contributed by atoms with E-state index in [9.17, 15) is 23.6 Å². The molecule has 2 N–H and O–H groups in total. The maximum Gasteiger partial charge on any atom is 0.314 e. The summed E-state index contributed by atoms with van der Waals surface area (Å²) in [5, 5.41) is 9.03. The van der Waals surface area contributed by atoms with Crippen LogP contribution in [0.3, 0.4) is 0 Å². The van der Waals surface area contributed by atoms with Gasteiger partial charge in [-0.15, -0.1) is 0 Å². The lowest BCUT2D eigenvalue weighted by molar-refractivity contribution is -0.164. The van der Waals surface area contributed by atoms with Gasteiger partial charge in [0.25, 0.3) is 11.5 Å². The van der Waals surface area contributed by atoms with Crippen LogP contribution in [0.2, 0.25) is 0 Å². The summed E-state index contributed by atoms with van der Waals surface area (Å²) in [4.78, 5) is 55.7. The van der Waals surface area contributed by atoms with Crippen molar-refractivity contribution >= 4 is 17.8 Å². The van der Waals surface area contributed by atoms with E-state index in [1.54, 1.807) is 48.2 Å². The molecule has 5 rings (SSSR count). The molecular formula is C39H43FN4O5. The molecule has 49 heavy (non-hydrogen) atoms. The molecule has 0 bridgehead atoms. The maximum absolute atomic E-state index is 14.5. The number of esters is 1. The number of benzene rings is 3. The molecule has 3 atom stereocenters. The van der Waals surface area contributed by atoms with Crippen molar-refractivity contribution in [3.05, 3.63) is 135 Å². The highest BCUT2D eigenvalue weighted by Gasteiger charge is 2.53. The summed E-state index contributed by atoms with van der Waals surface area (Å²) < 4.78 is 20.4. The number of H-pyrrole nitrogens is 1. The molecule has 0 saturated carbocycles. The molecule has 4 aromatic rings. The number of hydrogen-bond acceptors (Lipinski definition) is 6. The summed E-state index contributed by atoms with van der Waals surface area (Å²) in [6, 6.07) is 20.5. The van der Waals surface area contributed by atoms with Gasteiger partial charge in [0.05, 0.1) is 11.5 Å². The smallest absolute Gasteiger partial charge is 0.314 e. The van der Waals surface area contributed by atoms with Crippen molar-refractivity contribution in [3.63, 3.8) is 0 Å². The molecule has 0 aliphatic carbocycles. The Balaban J connectivity index is 1.39. The highest BCUT2D eigenvalue weighted by atomic mass is 19.1. The molecule has 9 nitrogen and oxygen atoms in total. The summed E-state index contributed by atoms with van der Waals surface area (Å²) in [5.74, 6) is -1.60.